The fourth-order valence-electron chi connectivity index (χ4n) is 2.38. The highest BCUT2D eigenvalue weighted by molar-refractivity contribution is 5.87. The highest BCUT2D eigenvalue weighted by Gasteiger charge is 2.09. The summed E-state index contributed by atoms with van der Waals surface area (Å²) < 4.78 is 0. The summed E-state index contributed by atoms with van der Waals surface area (Å²) in [6.07, 6.45) is 1.89. The van der Waals surface area contributed by atoms with Crippen molar-refractivity contribution in [3.8, 4) is 11.3 Å². The molecule has 0 spiro atoms. The second-order valence-electron chi connectivity index (χ2n) is 5.38. The van der Waals surface area contributed by atoms with Gasteiger partial charge in [0.1, 0.15) is 5.82 Å². The average molecular weight is 265 g/mol. The van der Waals surface area contributed by atoms with Gasteiger partial charge in [0.2, 0.25) is 0 Å². The number of hydrogen-bond acceptors (Lipinski definition) is 2. The number of benzene rings is 2. The molecule has 20 heavy (non-hydrogen) atoms. The fraction of sp³-hybridized carbons (Fsp3) is 0.235. The van der Waals surface area contributed by atoms with Gasteiger partial charge in [-0.25, -0.2) is 4.98 Å². The molecule has 1 unspecified atom stereocenters. The Labute approximate surface area is 118 Å². The first kappa shape index (κ1) is 12.9. The van der Waals surface area contributed by atoms with Gasteiger partial charge in [0.15, 0.2) is 0 Å². The number of H-pyrrole nitrogens is 1. The second kappa shape index (κ2) is 5.10. The van der Waals surface area contributed by atoms with Crippen molar-refractivity contribution >= 4 is 10.8 Å². The molecule has 0 saturated carbocycles. The van der Waals surface area contributed by atoms with E-state index >= 15 is 0 Å². The van der Waals surface area contributed by atoms with E-state index in [2.05, 4.69) is 60.2 Å². The number of nitrogens with two attached hydrogens (primary N) is 1. The van der Waals surface area contributed by atoms with E-state index in [1.807, 2.05) is 6.20 Å². The molecular formula is C17H19N3. The van der Waals surface area contributed by atoms with Gasteiger partial charge in [-0.2, -0.15) is 0 Å². The van der Waals surface area contributed by atoms with Gasteiger partial charge >= 0.3 is 0 Å². The van der Waals surface area contributed by atoms with E-state index in [4.69, 9.17) is 5.73 Å². The van der Waals surface area contributed by atoms with Crippen molar-refractivity contribution in [2.45, 2.75) is 19.8 Å². The van der Waals surface area contributed by atoms with Gasteiger partial charge in [-0.3, -0.25) is 0 Å². The maximum atomic E-state index is 5.68. The summed E-state index contributed by atoms with van der Waals surface area (Å²) in [7, 11) is 0. The molecule has 1 atom stereocenters. The molecule has 0 amide bonds. The zero-order valence-corrected chi connectivity index (χ0v) is 11.9. The van der Waals surface area contributed by atoms with Crippen LogP contribution in [0.15, 0.2) is 42.6 Å². The molecule has 0 aliphatic carbocycles. The second-order valence-corrected chi connectivity index (χ2v) is 5.38. The minimum atomic E-state index is 0.256. The fourth-order valence-corrected chi connectivity index (χ4v) is 2.38. The minimum Gasteiger partial charge on any atom is -0.342 e. The van der Waals surface area contributed by atoms with Gasteiger partial charge in [0, 0.05) is 18.0 Å². The van der Waals surface area contributed by atoms with Crippen molar-refractivity contribution in [3.63, 3.8) is 0 Å². The number of nitrogens with zero attached hydrogens (tertiary/aromatic N) is 1. The van der Waals surface area contributed by atoms with Crippen molar-refractivity contribution in [1.82, 2.24) is 9.97 Å². The van der Waals surface area contributed by atoms with Crippen LogP contribution in [0.5, 0.6) is 0 Å². The Morgan fingerprint density at radius 3 is 2.70 bits per heavy atom. The van der Waals surface area contributed by atoms with Crippen molar-refractivity contribution in [2.75, 3.05) is 6.54 Å². The lowest BCUT2D eigenvalue weighted by atomic mass is 10.0. The van der Waals surface area contributed by atoms with Crippen molar-refractivity contribution in [3.05, 3.63) is 54.0 Å². The van der Waals surface area contributed by atoms with E-state index < -0.39 is 0 Å². The number of aryl methyl sites for hydroxylation is 1. The van der Waals surface area contributed by atoms with E-state index in [0.717, 1.165) is 17.1 Å². The summed E-state index contributed by atoms with van der Waals surface area (Å²) in [6.45, 7) is 4.79. The molecule has 0 radical (unpaired) electrons. The number of imidazole rings is 1. The zero-order chi connectivity index (χ0) is 14.1. The maximum Gasteiger partial charge on any atom is 0.110 e. The lowest BCUT2D eigenvalue weighted by Gasteiger charge is -2.05. The summed E-state index contributed by atoms with van der Waals surface area (Å²) in [5, 5.41) is 2.51. The Morgan fingerprint density at radius 1 is 1.15 bits per heavy atom. The van der Waals surface area contributed by atoms with Crippen LogP contribution >= 0.6 is 0 Å². The highest BCUT2D eigenvalue weighted by Crippen LogP contribution is 2.25. The number of rotatable bonds is 3. The Balaban J connectivity index is 2.01. The molecule has 3 aromatic rings. The molecule has 3 heteroatoms. The van der Waals surface area contributed by atoms with Gasteiger partial charge < -0.3 is 10.7 Å². The van der Waals surface area contributed by atoms with Crippen LogP contribution in [0.25, 0.3) is 22.0 Å². The summed E-state index contributed by atoms with van der Waals surface area (Å²) in [4.78, 5) is 7.79. The molecule has 3 nitrogen and oxygen atoms in total. The molecule has 1 heterocycles. The highest BCUT2D eigenvalue weighted by atomic mass is 14.9. The normalized spacial score (nSPS) is 12.8. The minimum absolute atomic E-state index is 0.256. The summed E-state index contributed by atoms with van der Waals surface area (Å²) >= 11 is 0. The van der Waals surface area contributed by atoms with E-state index in [-0.39, 0.29) is 5.92 Å². The van der Waals surface area contributed by atoms with Crippen LogP contribution in [-0.4, -0.2) is 16.5 Å². The molecule has 3 rings (SSSR count). The molecule has 0 saturated heterocycles. The largest absolute Gasteiger partial charge is 0.342 e. The topological polar surface area (TPSA) is 54.7 Å². The van der Waals surface area contributed by atoms with E-state index in [1.54, 1.807) is 0 Å². The van der Waals surface area contributed by atoms with Crippen molar-refractivity contribution in [1.29, 1.82) is 0 Å². The lowest BCUT2D eigenvalue weighted by molar-refractivity contribution is 0.725. The first-order valence-electron chi connectivity index (χ1n) is 6.93. The van der Waals surface area contributed by atoms with Gasteiger partial charge in [0.05, 0.1) is 11.9 Å². The van der Waals surface area contributed by atoms with E-state index in [0.29, 0.717) is 6.54 Å². The van der Waals surface area contributed by atoms with Crippen molar-refractivity contribution in [2.24, 2.45) is 5.73 Å². The molecule has 1 aromatic heterocycles. The summed E-state index contributed by atoms with van der Waals surface area (Å²) in [5.74, 6) is 1.21. The Kier molecular flexibility index (Phi) is 3.28. The average Bonchev–Trinajstić information content (AvgIpc) is 2.95. The molecular weight excluding hydrogens is 246 g/mol. The van der Waals surface area contributed by atoms with Crippen LogP contribution in [-0.2, 0) is 0 Å². The maximum absolute atomic E-state index is 5.68. The monoisotopic (exact) mass is 265 g/mol. The first-order valence-corrected chi connectivity index (χ1v) is 6.93. The Hall–Kier alpha value is -2.13. The molecule has 0 fully saturated rings. The smallest absolute Gasteiger partial charge is 0.110 e. The van der Waals surface area contributed by atoms with Crippen LogP contribution in [0.1, 0.15) is 24.2 Å². The number of fused-ring (bicyclic) bond motifs is 1. The third-order valence-corrected chi connectivity index (χ3v) is 3.72. The van der Waals surface area contributed by atoms with Crippen LogP contribution < -0.4 is 5.73 Å². The lowest BCUT2D eigenvalue weighted by Crippen LogP contribution is -2.10. The van der Waals surface area contributed by atoms with Crippen LogP contribution in [0.4, 0.5) is 0 Å². The predicted octanol–water partition coefficient (Wildman–Crippen LogP) is 3.60. The third-order valence-electron chi connectivity index (χ3n) is 3.72. The number of hydrogen-bond donors (Lipinski definition) is 2. The molecule has 2 aromatic carbocycles. The summed E-state index contributed by atoms with van der Waals surface area (Å²) in [5.41, 5.74) is 9.16. The quantitative estimate of drug-likeness (QED) is 0.760. The standard InChI is InChI=1S/C17H19N3/c1-11-3-4-14-8-15(6-5-13(14)7-11)16-10-19-17(20-16)12(2)9-18/h3-8,10,12H,9,18H2,1-2H3,(H,19,20). The van der Waals surface area contributed by atoms with Crippen LogP contribution in [0.2, 0.25) is 0 Å². The Morgan fingerprint density at radius 2 is 1.90 bits per heavy atom. The van der Waals surface area contributed by atoms with E-state index in [1.165, 1.54) is 16.3 Å². The molecule has 102 valence electrons. The van der Waals surface area contributed by atoms with Crippen LogP contribution in [0, 0.1) is 6.92 Å². The van der Waals surface area contributed by atoms with Crippen molar-refractivity contribution < 1.29 is 0 Å². The van der Waals surface area contributed by atoms with Gasteiger partial charge in [-0.1, -0.05) is 42.8 Å². The SMILES string of the molecule is Cc1ccc2cc(-c3cnc(C(C)CN)[nH]3)ccc2c1. The van der Waals surface area contributed by atoms with Gasteiger partial charge in [0.25, 0.3) is 0 Å². The molecule has 0 bridgehead atoms. The first-order chi connectivity index (χ1) is 9.67. The number of aromatic amines is 1. The molecule has 0 aliphatic heterocycles. The molecule has 0 aliphatic rings. The van der Waals surface area contributed by atoms with E-state index in [9.17, 15) is 0 Å². The van der Waals surface area contributed by atoms with Crippen LogP contribution in [0.3, 0.4) is 0 Å². The van der Waals surface area contributed by atoms with Gasteiger partial charge in [-0.05, 0) is 23.8 Å². The number of aromatic nitrogens is 2. The predicted molar refractivity (Wildman–Crippen MR) is 83.7 cm³/mol. The zero-order valence-electron chi connectivity index (χ0n) is 11.9. The summed E-state index contributed by atoms with van der Waals surface area (Å²) in [6, 6.07) is 13.0. The van der Waals surface area contributed by atoms with Gasteiger partial charge in [-0.15, -0.1) is 0 Å². The Bertz CT molecular complexity index is 743. The third kappa shape index (κ3) is 2.32. The number of nitrogens with one attached hydrogen (secondary N) is 1. The molecule has 3 N–H and O–H groups in total.